The highest BCUT2D eigenvalue weighted by molar-refractivity contribution is 9.10. The number of nitrogens with one attached hydrogen (secondary N) is 1. The maximum absolute atomic E-state index is 11.6. The van der Waals surface area contributed by atoms with E-state index in [1.165, 1.54) is 0 Å². The predicted molar refractivity (Wildman–Crippen MR) is 108 cm³/mol. The number of halogens is 3. The van der Waals surface area contributed by atoms with Crippen LogP contribution in [0.2, 0.25) is 10.0 Å². The second-order valence-corrected chi connectivity index (χ2v) is 7.86. The Bertz CT molecular complexity index is 1020. The lowest BCUT2D eigenvalue weighted by atomic mass is 9.82. The van der Waals surface area contributed by atoms with Gasteiger partial charge in [-0.05, 0) is 38.1 Å². The minimum absolute atomic E-state index is 0.376. The van der Waals surface area contributed by atoms with Gasteiger partial charge in [0.1, 0.15) is 0 Å². The van der Waals surface area contributed by atoms with Crippen LogP contribution in [0, 0.1) is 6.92 Å². The van der Waals surface area contributed by atoms with Crippen molar-refractivity contribution in [3.63, 3.8) is 0 Å². The smallest absolute Gasteiger partial charge is 0.405 e. The summed E-state index contributed by atoms with van der Waals surface area (Å²) in [4.78, 5) is 11.6. The van der Waals surface area contributed by atoms with E-state index in [0.717, 1.165) is 4.47 Å². The van der Waals surface area contributed by atoms with Gasteiger partial charge in [0.05, 0.1) is 21.8 Å². The number of hydrogen-bond acceptors (Lipinski definition) is 3. The van der Waals surface area contributed by atoms with E-state index in [4.69, 9.17) is 27.7 Å². The summed E-state index contributed by atoms with van der Waals surface area (Å²) in [6.45, 7) is 3.46. The number of benzene rings is 2. The van der Waals surface area contributed by atoms with E-state index in [9.17, 15) is 9.90 Å². The van der Waals surface area contributed by atoms with Crippen molar-refractivity contribution >= 4 is 45.2 Å². The van der Waals surface area contributed by atoms with Crippen molar-refractivity contribution in [2.45, 2.75) is 19.4 Å². The summed E-state index contributed by atoms with van der Waals surface area (Å²) in [5.41, 5.74) is 1.04. The second kappa shape index (κ2) is 7.54. The molecule has 3 aromatic rings. The highest BCUT2D eigenvalue weighted by atomic mass is 79.9. The molecule has 1 unspecified atom stereocenters. The van der Waals surface area contributed by atoms with Crippen molar-refractivity contribution in [1.82, 2.24) is 10.5 Å². The van der Waals surface area contributed by atoms with E-state index < -0.39 is 11.6 Å². The molecular formula is C19H15BrCl2N2O3. The molecule has 0 saturated carbocycles. The fourth-order valence-electron chi connectivity index (χ4n) is 3.16. The Hall–Kier alpha value is -2.02. The Kier molecular flexibility index (Phi) is 5.51. The average molecular weight is 470 g/mol. The highest BCUT2D eigenvalue weighted by Crippen LogP contribution is 2.43. The predicted octanol–water partition coefficient (Wildman–Crippen LogP) is 6.25. The van der Waals surface area contributed by atoms with Crippen LogP contribution in [0.3, 0.4) is 0 Å². The second-order valence-electron chi connectivity index (χ2n) is 6.13. The van der Waals surface area contributed by atoms with Gasteiger partial charge in [0, 0.05) is 20.6 Å². The lowest BCUT2D eigenvalue weighted by molar-refractivity contribution is 0.184. The maximum Gasteiger partial charge on any atom is 0.405 e. The minimum atomic E-state index is -1.21. The third kappa shape index (κ3) is 3.70. The fraction of sp³-hybridized carbons (Fsp3) is 0.158. The maximum atomic E-state index is 11.6. The van der Waals surface area contributed by atoms with Crippen LogP contribution in [0.5, 0.6) is 0 Å². The van der Waals surface area contributed by atoms with Gasteiger partial charge in [-0.15, -0.1) is 0 Å². The minimum Gasteiger partial charge on any atom is -0.465 e. The Morgan fingerprint density at radius 1 is 1.22 bits per heavy atom. The zero-order chi connectivity index (χ0) is 19.8. The first-order valence-electron chi connectivity index (χ1n) is 7.92. The van der Waals surface area contributed by atoms with Crippen molar-refractivity contribution in [3.05, 3.63) is 73.8 Å². The summed E-state index contributed by atoms with van der Waals surface area (Å²) >= 11 is 16.2. The SMILES string of the molecule is Cc1noc(-c2ccc(Br)cc2Cl)c1C(C)(NC(=O)O)c1ccccc1Cl. The average Bonchev–Trinajstić information content (AvgIpc) is 2.96. The van der Waals surface area contributed by atoms with Crippen molar-refractivity contribution in [2.75, 3.05) is 0 Å². The molecule has 0 saturated heterocycles. The first-order chi connectivity index (χ1) is 12.7. The number of carbonyl (C=O) groups is 1. The third-order valence-electron chi connectivity index (χ3n) is 4.31. The van der Waals surface area contributed by atoms with Gasteiger partial charge in [-0.2, -0.15) is 0 Å². The van der Waals surface area contributed by atoms with Crippen molar-refractivity contribution in [3.8, 4) is 11.3 Å². The molecule has 1 atom stereocenters. The van der Waals surface area contributed by atoms with Crippen LogP contribution in [-0.4, -0.2) is 16.4 Å². The summed E-state index contributed by atoms with van der Waals surface area (Å²) in [5.74, 6) is 0.376. The van der Waals surface area contributed by atoms with Crippen molar-refractivity contribution < 1.29 is 14.4 Å². The number of aryl methyl sites for hydroxylation is 1. The van der Waals surface area contributed by atoms with E-state index in [1.807, 2.05) is 6.07 Å². The van der Waals surface area contributed by atoms with Crippen LogP contribution >= 0.6 is 39.1 Å². The molecule has 1 amide bonds. The lowest BCUT2D eigenvalue weighted by Crippen LogP contribution is -2.44. The summed E-state index contributed by atoms with van der Waals surface area (Å²) in [6, 6.07) is 12.4. The summed E-state index contributed by atoms with van der Waals surface area (Å²) in [5, 5.41) is 17.0. The molecule has 0 spiro atoms. The number of amides is 1. The van der Waals surface area contributed by atoms with Crippen LogP contribution in [0.15, 0.2) is 51.5 Å². The standard InChI is InChI=1S/C19H15BrCl2N2O3/c1-10-16(17(27-24-10)12-8-7-11(20)9-15(12)22)19(2,23-18(25)26)13-5-3-4-6-14(13)21/h3-9,23H,1-2H3,(H,25,26). The molecule has 0 bridgehead atoms. The Balaban J connectivity index is 2.30. The van der Waals surface area contributed by atoms with Crippen LogP contribution in [-0.2, 0) is 5.54 Å². The van der Waals surface area contributed by atoms with Crippen LogP contribution in [0.25, 0.3) is 11.3 Å². The summed E-state index contributed by atoms with van der Waals surface area (Å²) in [7, 11) is 0. The van der Waals surface area contributed by atoms with Crippen LogP contribution < -0.4 is 5.32 Å². The fourth-order valence-corrected chi connectivity index (χ4v) is 4.25. The van der Waals surface area contributed by atoms with Crippen molar-refractivity contribution in [2.24, 2.45) is 0 Å². The van der Waals surface area contributed by atoms with E-state index in [1.54, 1.807) is 50.2 Å². The molecule has 0 aliphatic rings. The molecule has 3 rings (SSSR count). The molecule has 8 heteroatoms. The van der Waals surface area contributed by atoms with E-state index in [0.29, 0.717) is 38.2 Å². The number of rotatable bonds is 4. The molecule has 1 heterocycles. The molecule has 0 aliphatic carbocycles. The molecular weight excluding hydrogens is 455 g/mol. The Morgan fingerprint density at radius 3 is 2.56 bits per heavy atom. The molecule has 27 heavy (non-hydrogen) atoms. The molecule has 0 aliphatic heterocycles. The van der Waals surface area contributed by atoms with Gasteiger partial charge in [-0.1, -0.05) is 62.5 Å². The van der Waals surface area contributed by atoms with Gasteiger partial charge >= 0.3 is 6.09 Å². The largest absolute Gasteiger partial charge is 0.465 e. The van der Waals surface area contributed by atoms with Gasteiger partial charge in [-0.3, -0.25) is 0 Å². The van der Waals surface area contributed by atoms with E-state index in [2.05, 4.69) is 26.4 Å². The van der Waals surface area contributed by atoms with Crippen LogP contribution in [0.1, 0.15) is 23.7 Å². The van der Waals surface area contributed by atoms with Crippen molar-refractivity contribution in [1.29, 1.82) is 0 Å². The molecule has 1 aromatic heterocycles. The van der Waals surface area contributed by atoms with Crippen LogP contribution in [0.4, 0.5) is 4.79 Å². The molecule has 0 radical (unpaired) electrons. The van der Waals surface area contributed by atoms with Gasteiger partial charge in [0.2, 0.25) is 0 Å². The number of aromatic nitrogens is 1. The zero-order valence-corrected chi connectivity index (χ0v) is 17.5. The van der Waals surface area contributed by atoms with Gasteiger partial charge < -0.3 is 14.9 Å². The zero-order valence-electron chi connectivity index (χ0n) is 14.4. The number of hydrogen-bond donors (Lipinski definition) is 2. The molecule has 140 valence electrons. The monoisotopic (exact) mass is 468 g/mol. The van der Waals surface area contributed by atoms with E-state index >= 15 is 0 Å². The number of nitrogens with zero attached hydrogens (tertiary/aromatic N) is 1. The lowest BCUT2D eigenvalue weighted by Gasteiger charge is -2.31. The summed E-state index contributed by atoms with van der Waals surface area (Å²) < 4.78 is 6.38. The number of carboxylic acid groups (broad SMARTS) is 1. The van der Waals surface area contributed by atoms with Gasteiger partial charge in [-0.25, -0.2) is 4.79 Å². The Morgan fingerprint density at radius 2 is 1.93 bits per heavy atom. The first kappa shape index (κ1) is 19.7. The summed E-state index contributed by atoms with van der Waals surface area (Å²) in [6.07, 6.45) is -1.20. The van der Waals surface area contributed by atoms with E-state index in [-0.39, 0.29) is 0 Å². The first-order valence-corrected chi connectivity index (χ1v) is 9.47. The molecule has 2 N–H and O–H groups in total. The molecule has 2 aromatic carbocycles. The van der Waals surface area contributed by atoms with Gasteiger partial charge in [0.25, 0.3) is 0 Å². The third-order valence-corrected chi connectivity index (χ3v) is 5.44. The van der Waals surface area contributed by atoms with Gasteiger partial charge in [0.15, 0.2) is 5.76 Å². The normalized spacial score (nSPS) is 13.2. The Labute approximate surface area is 174 Å². The topological polar surface area (TPSA) is 75.4 Å². The molecule has 5 nitrogen and oxygen atoms in total. The molecule has 0 fully saturated rings. The highest BCUT2D eigenvalue weighted by Gasteiger charge is 2.39. The quantitative estimate of drug-likeness (QED) is 0.473.